The molecule has 0 aliphatic heterocycles. The summed E-state index contributed by atoms with van der Waals surface area (Å²) in [5.74, 6) is -2.65. The van der Waals surface area contributed by atoms with E-state index in [2.05, 4.69) is 5.32 Å². The zero-order valence-corrected chi connectivity index (χ0v) is 10.8. The van der Waals surface area contributed by atoms with Gasteiger partial charge in [0.15, 0.2) is 0 Å². The lowest BCUT2D eigenvalue weighted by Gasteiger charge is -2.09. The van der Waals surface area contributed by atoms with Gasteiger partial charge in [-0.15, -0.1) is 0 Å². The molecule has 0 saturated heterocycles. The van der Waals surface area contributed by atoms with Gasteiger partial charge in [-0.3, -0.25) is 10.1 Å². The van der Waals surface area contributed by atoms with Crippen LogP contribution in [0.2, 0.25) is 0 Å². The number of benzene rings is 1. The van der Waals surface area contributed by atoms with Gasteiger partial charge >= 0.3 is 5.97 Å². The van der Waals surface area contributed by atoms with Crippen molar-refractivity contribution in [1.29, 1.82) is 0 Å². The van der Waals surface area contributed by atoms with E-state index in [0.29, 0.717) is 25.5 Å². The number of anilines is 1. The standard InChI is InChI=1S/C12H15FN2O5/c1-7(16)3-2-4-14-10-5-8(12(17)18)9(13)6-11(10)15(19)20/h5-7,14,16H,2-4H2,1H3,(H,17,18). The molecule has 20 heavy (non-hydrogen) atoms. The van der Waals surface area contributed by atoms with E-state index >= 15 is 0 Å². The number of hydrogen-bond acceptors (Lipinski definition) is 5. The van der Waals surface area contributed by atoms with Gasteiger partial charge in [-0.25, -0.2) is 9.18 Å². The lowest BCUT2D eigenvalue weighted by molar-refractivity contribution is -0.384. The molecule has 3 N–H and O–H groups in total. The molecular formula is C12H15FN2O5. The first-order chi connectivity index (χ1) is 9.32. The van der Waals surface area contributed by atoms with Crippen LogP contribution in [0.5, 0.6) is 0 Å². The van der Waals surface area contributed by atoms with Crippen LogP contribution in [0.15, 0.2) is 12.1 Å². The smallest absolute Gasteiger partial charge is 0.338 e. The van der Waals surface area contributed by atoms with E-state index in [1.807, 2.05) is 0 Å². The lowest BCUT2D eigenvalue weighted by atomic mass is 10.1. The number of carboxylic acids is 1. The van der Waals surface area contributed by atoms with E-state index in [1.54, 1.807) is 6.92 Å². The van der Waals surface area contributed by atoms with E-state index in [9.17, 15) is 19.3 Å². The van der Waals surface area contributed by atoms with Crippen molar-refractivity contribution in [2.75, 3.05) is 11.9 Å². The van der Waals surface area contributed by atoms with Crippen LogP contribution in [-0.2, 0) is 0 Å². The minimum absolute atomic E-state index is 0.0561. The van der Waals surface area contributed by atoms with Gasteiger partial charge in [0, 0.05) is 6.54 Å². The minimum atomic E-state index is -1.50. The number of nitro benzene ring substituents is 1. The van der Waals surface area contributed by atoms with Crippen LogP contribution in [0, 0.1) is 15.9 Å². The van der Waals surface area contributed by atoms with Crippen LogP contribution < -0.4 is 5.32 Å². The van der Waals surface area contributed by atoms with Gasteiger partial charge in [-0.2, -0.15) is 0 Å². The Labute approximate surface area is 114 Å². The summed E-state index contributed by atoms with van der Waals surface area (Å²) in [6.07, 6.45) is 0.539. The van der Waals surface area contributed by atoms with Crippen molar-refractivity contribution >= 4 is 17.3 Å². The van der Waals surface area contributed by atoms with Crippen LogP contribution in [0.3, 0.4) is 0 Å². The molecule has 0 saturated carbocycles. The summed E-state index contributed by atoms with van der Waals surface area (Å²) in [5.41, 5.74) is -1.21. The van der Waals surface area contributed by atoms with Gasteiger partial charge in [-0.1, -0.05) is 0 Å². The Morgan fingerprint density at radius 1 is 1.55 bits per heavy atom. The number of halogens is 1. The third kappa shape index (κ3) is 4.16. The number of aliphatic hydroxyl groups is 1. The van der Waals surface area contributed by atoms with Crippen molar-refractivity contribution in [3.05, 3.63) is 33.6 Å². The van der Waals surface area contributed by atoms with Crippen molar-refractivity contribution < 1.29 is 24.3 Å². The summed E-state index contributed by atoms with van der Waals surface area (Å²) in [5, 5.41) is 31.4. The number of carboxylic acid groups (broad SMARTS) is 1. The molecule has 0 heterocycles. The maximum absolute atomic E-state index is 13.4. The van der Waals surface area contributed by atoms with Crippen LogP contribution in [0.1, 0.15) is 30.1 Å². The lowest BCUT2D eigenvalue weighted by Crippen LogP contribution is -2.10. The van der Waals surface area contributed by atoms with Gasteiger partial charge in [-0.05, 0) is 25.8 Å². The average Bonchev–Trinajstić information content (AvgIpc) is 2.34. The third-order valence-corrected chi connectivity index (χ3v) is 2.63. The number of rotatable bonds is 7. The number of nitrogens with one attached hydrogen (secondary N) is 1. The predicted octanol–water partition coefficient (Wildman–Crippen LogP) is 2.00. The Balaban J connectivity index is 2.93. The van der Waals surface area contributed by atoms with Crippen LogP contribution in [0.25, 0.3) is 0 Å². The Morgan fingerprint density at radius 3 is 2.70 bits per heavy atom. The van der Waals surface area contributed by atoms with Gasteiger partial charge in [0.2, 0.25) is 0 Å². The largest absolute Gasteiger partial charge is 0.478 e. The van der Waals surface area contributed by atoms with Crippen molar-refractivity contribution in [3.8, 4) is 0 Å². The number of nitro groups is 1. The first-order valence-corrected chi connectivity index (χ1v) is 5.96. The number of hydrogen-bond donors (Lipinski definition) is 3. The topological polar surface area (TPSA) is 113 Å². The quantitative estimate of drug-likeness (QED) is 0.401. The molecule has 0 aromatic heterocycles. The highest BCUT2D eigenvalue weighted by Crippen LogP contribution is 2.28. The molecule has 1 unspecified atom stereocenters. The predicted molar refractivity (Wildman–Crippen MR) is 69.4 cm³/mol. The molecule has 7 nitrogen and oxygen atoms in total. The highest BCUT2D eigenvalue weighted by Gasteiger charge is 2.21. The molecule has 0 aliphatic rings. The molecule has 0 fully saturated rings. The van der Waals surface area contributed by atoms with E-state index in [4.69, 9.17) is 10.2 Å². The Morgan fingerprint density at radius 2 is 2.20 bits per heavy atom. The zero-order valence-electron chi connectivity index (χ0n) is 10.8. The average molecular weight is 286 g/mol. The first kappa shape index (κ1) is 15.8. The minimum Gasteiger partial charge on any atom is -0.478 e. The molecule has 0 amide bonds. The molecule has 0 aliphatic carbocycles. The number of aliphatic hydroxyl groups excluding tert-OH is 1. The Kier molecular flexibility index (Phi) is 5.39. The normalized spacial score (nSPS) is 11.9. The number of nitrogens with zero attached hydrogens (tertiary/aromatic N) is 1. The zero-order chi connectivity index (χ0) is 15.3. The number of aromatic carboxylic acids is 1. The molecule has 0 spiro atoms. The second kappa shape index (κ2) is 6.80. The highest BCUT2D eigenvalue weighted by atomic mass is 19.1. The Bertz CT molecular complexity index is 519. The van der Waals surface area contributed by atoms with Gasteiger partial charge in [0.25, 0.3) is 5.69 Å². The van der Waals surface area contributed by atoms with E-state index in [-0.39, 0.29) is 5.69 Å². The van der Waals surface area contributed by atoms with Crippen LogP contribution in [0.4, 0.5) is 15.8 Å². The molecule has 8 heteroatoms. The Hall–Kier alpha value is -2.22. The van der Waals surface area contributed by atoms with Crippen molar-refractivity contribution in [3.63, 3.8) is 0 Å². The highest BCUT2D eigenvalue weighted by molar-refractivity contribution is 5.90. The summed E-state index contributed by atoms with van der Waals surface area (Å²) in [7, 11) is 0. The summed E-state index contributed by atoms with van der Waals surface area (Å²) in [4.78, 5) is 20.8. The first-order valence-electron chi connectivity index (χ1n) is 5.96. The summed E-state index contributed by atoms with van der Waals surface area (Å²) < 4.78 is 13.4. The maximum Gasteiger partial charge on any atom is 0.338 e. The fourth-order valence-electron chi connectivity index (χ4n) is 1.64. The molecule has 0 radical (unpaired) electrons. The third-order valence-electron chi connectivity index (χ3n) is 2.63. The summed E-state index contributed by atoms with van der Waals surface area (Å²) in [6.45, 7) is 1.92. The SMILES string of the molecule is CC(O)CCCNc1cc(C(=O)O)c(F)cc1[N+](=O)[O-]. The van der Waals surface area contributed by atoms with Gasteiger partial charge in [0.05, 0.1) is 22.7 Å². The van der Waals surface area contributed by atoms with E-state index in [1.165, 1.54) is 0 Å². The van der Waals surface area contributed by atoms with E-state index < -0.39 is 34.1 Å². The second-order valence-electron chi connectivity index (χ2n) is 4.33. The second-order valence-corrected chi connectivity index (χ2v) is 4.33. The van der Waals surface area contributed by atoms with Crippen LogP contribution in [-0.4, -0.2) is 33.8 Å². The molecular weight excluding hydrogens is 271 g/mol. The van der Waals surface area contributed by atoms with E-state index in [0.717, 1.165) is 6.07 Å². The summed E-state index contributed by atoms with van der Waals surface area (Å²) >= 11 is 0. The van der Waals surface area contributed by atoms with Gasteiger partial charge in [0.1, 0.15) is 11.5 Å². The fraction of sp³-hybridized carbons (Fsp3) is 0.417. The molecule has 1 aromatic carbocycles. The summed E-state index contributed by atoms with van der Waals surface area (Å²) in [6, 6.07) is 1.48. The number of carbonyl (C=O) groups is 1. The molecule has 0 bridgehead atoms. The monoisotopic (exact) mass is 286 g/mol. The molecule has 110 valence electrons. The molecule has 1 aromatic rings. The van der Waals surface area contributed by atoms with Crippen molar-refractivity contribution in [2.45, 2.75) is 25.9 Å². The van der Waals surface area contributed by atoms with Crippen molar-refractivity contribution in [2.24, 2.45) is 0 Å². The molecule has 1 atom stereocenters. The van der Waals surface area contributed by atoms with Crippen LogP contribution >= 0.6 is 0 Å². The maximum atomic E-state index is 13.4. The van der Waals surface area contributed by atoms with Crippen molar-refractivity contribution in [1.82, 2.24) is 0 Å². The van der Waals surface area contributed by atoms with Gasteiger partial charge < -0.3 is 15.5 Å². The fourth-order valence-corrected chi connectivity index (χ4v) is 1.64. The molecule has 1 rings (SSSR count).